The maximum Gasteiger partial charge on any atom is 0.179 e. The van der Waals surface area contributed by atoms with Crippen LogP contribution < -0.4 is 4.74 Å². The van der Waals surface area contributed by atoms with Crippen molar-refractivity contribution in [3.05, 3.63) is 54.5 Å². The molecule has 20 heavy (non-hydrogen) atoms. The van der Waals surface area contributed by atoms with Gasteiger partial charge in [0, 0.05) is 28.9 Å². The largest absolute Gasteiger partial charge is 0.456 e. The van der Waals surface area contributed by atoms with Crippen LogP contribution in [-0.2, 0) is 0 Å². The molecule has 0 bridgehead atoms. The Morgan fingerprint density at radius 1 is 1.30 bits per heavy atom. The molecule has 100 valence electrons. The number of fused-ring (bicyclic) bond motifs is 1. The number of aromatic nitrogens is 2. The van der Waals surface area contributed by atoms with Crippen molar-refractivity contribution in [2.24, 2.45) is 0 Å². The highest BCUT2D eigenvalue weighted by molar-refractivity contribution is 6.32. The van der Waals surface area contributed by atoms with Gasteiger partial charge in [-0.2, -0.15) is 0 Å². The predicted molar refractivity (Wildman–Crippen MR) is 77.7 cm³/mol. The van der Waals surface area contributed by atoms with E-state index >= 15 is 0 Å². The molecular formula is C15H11ClN2O2. The molecule has 3 aromatic rings. The minimum absolute atomic E-state index is 0.0410. The van der Waals surface area contributed by atoms with Crippen molar-refractivity contribution >= 4 is 28.3 Å². The second-order valence-electron chi connectivity index (χ2n) is 4.26. The Morgan fingerprint density at radius 2 is 2.20 bits per heavy atom. The van der Waals surface area contributed by atoms with Gasteiger partial charge in [-0.3, -0.25) is 9.78 Å². The third kappa shape index (κ3) is 2.38. The van der Waals surface area contributed by atoms with Crippen molar-refractivity contribution in [1.29, 1.82) is 0 Å². The quantitative estimate of drug-likeness (QED) is 0.586. The number of pyridine rings is 1. The molecule has 4 nitrogen and oxygen atoms in total. The lowest BCUT2D eigenvalue weighted by Crippen LogP contribution is -1.98. The van der Waals surface area contributed by atoms with Crippen LogP contribution in [0.25, 0.3) is 10.9 Å². The summed E-state index contributed by atoms with van der Waals surface area (Å²) in [5, 5.41) is 0.803. The summed E-state index contributed by atoms with van der Waals surface area (Å²) >= 11 is 5.61. The van der Waals surface area contributed by atoms with Gasteiger partial charge in [-0.25, -0.2) is 0 Å². The zero-order valence-electron chi connectivity index (χ0n) is 10.5. The third-order valence-electron chi connectivity index (χ3n) is 2.95. The highest BCUT2D eigenvalue weighted by Gasteiger charge is 2.11. The summed E-state index contributed by atoms with van der Waals surface area (Å²) in [5.41, 5.74) is 1.45. The van der Waals surface area contributed by atoms with Gasteiger partial charge in [0.15, 0.2) is 5.78 Å². The first-order valence-electron chi connectivity index (χ1n) is 6.06. The summed E-state index contributed by atoms with van der Waals surface area (Å²) in [6, 6.07) is 9.14. The van der Waals surface area contributed by atoms with E-state index in [-0.39, 0.29) is 11.7 Å². The van der Waals surface area contributed by atoms with Crippen LogP contribution >= 0.6 is 11.6 Å². The second-order valence-corrected chi connectivity index (χ2v) is 4.52. The van der Waals surface area contributed by atoms with Crippen LogP contribution in [-0.4, -0.2) is 21.6 Å². The molecule has 0 atom stereocenters. The van der Waals surface area contributed by atoms with Gasteiger partial charge >= 0.3 is 0 Å². The van der Waals surface area contributed by atoms with Gasteiger partial charge in [0.2, 0.25) is 0 Å². The van der Waals surface area contributed by atoms with Crippen LogP contribution in [0.4, 0.5) is 0 Å². The monoisotopic (exact) mass is 286 g/mol. The van der Waals surface area contributed by atoms with Crippen molar-refractivity contribution in [3.63, 3.8) is 0 Å². The Morgan fingerprint density at radius 3 is 2.95 bits per heavy atom. The van der Waals surface area contributed by atoms with Crippen molar-refractivity contribution < 1.29 is 9.53 Å². The van der Waals surface area contributed by atoms with Gasteiger partial charge < -0.3 is 9.72 Å². The van der Waals surface area contributed by atoms with Gasteiger partial charge in [-0.05, 0) is 30.3 Å². The van der Waals surface area contributed by atoms with Crippen molar-refractivity contribution in [2.45, 2.75) is 0 Å². The predicted octanol–water partition coefficient (Wildman–Crippen LogP) is 3.78. The van der Waals surface area contributed by atoms with E-state index < -0.39 is 0 Å². The summed E-state index contributed by atoms with van der Waals surface area (Å²) in [6.07, 6.45) is 4.98. The fraction of sp³-hybridized carbons (Fsp3) is 0.0667. The molecule has 0 amide bonds. The Kier molecular flexibility index (Phi) is 3.39. The molecule has 2 heterocycles. The fourth-order valence-electron chi connectivity index (χ4n) is 2.01. The van der Waals surface area contributed by atoms with E-state index in [4.69, 9.17) is 16.3 Å². The molecule has 0 fully saturated rings. The van der Waals surface area contributed by atoms with Crippen LogP contribution in [0.1, 0.15) is 10.4 Å². The number of H-pyrrole nitrogens is 1. The average Bonchev–Trinajstić information content (AvgIpc) is 2.91. The summed E-state index contributed by atoms with van der Waals surface area (Å²) < 4.78 is 5.70. The van der Waals surface area contributed by atoms with Gasteiger partial charge in [0.1, 0.15) is 11.5 Å². The van der Waals surface area contributed by atoms with E-state index in [0.717, 1.165) is 10.9 Å². The smallest absolute Gasteiger partial charge is 0.179 e. The Bertz CT molecular complexity index is 753. The molecule has 0 spiro atoms. The number of halogens is 1. The van der Waals surface area contributed by atoms with Crippen molar-refractivity contribution in [1.82, 2.24) is 9.97 Å². The number of rotatable bonds is 4. The highest BCUT2D eigenvalue weighted by Crippen LogP contribution is 2.27. The molecule has 1 aromatic carbocycles. The summed E-state index contributed by atoms with van der Waals surface area (Å²) in [5.74, 6) is 1.14. The molecule has 0 aliphatic carbocycles. The standard InChI is InChI=1S/C15H11ClN2O2/c16-7-15(19)13-9-18-14-4-3-10(6-12(13)14)20-11-2-1-5-17-8-11/h1-6,8-9,18H,7H2. The van der Waals surface area contributed by atoms with E-state index in [1.807, 2.05) is 24.3 Å². The number of benzene rings is 1. The number of nitrogens with one attached hydrogen (secondary N) is 1. The maximum absolute atomic E-state index is 11.8. The number of ether oxygens (including phenoxy) is 1. The lowest BCUT2D eigenvalue weighted by atomic mass is 10.1. The zero-order chi connectivity index (χ0) is 13.9. The number of aromatic amines is 1. The molecule has 0 radical (unpaired) electrons. The molecule has 0 saturated carbocycles. The Balaban J connectivity index is 1.99. The van der Waals surface area contributed by atoms with Gasteiger partial charge in [0.25, 0.3) is 0 Å². The molecule has 1 N–H and O–H groups in total. The molecule has 5 heteroatoms. The number of hydrogen-bond acceptors (Lipinski definition) is 3. The van der Waals surface area contributed by atoms with E-state index in [0.29, 0.717) is 17.1 Å². The van der Waals surface area contributed by atoms with Gasteiger partial charge in [-0.1, -0.05) is 0 Å². The molecule has 0 unspecified atom stereocenters. The summed E-state index contributed by atoms with van der Waals surface area (Å²) in [6.45, 7) is 0. The number of hydrogen-bond donors (Lipinski definition) is 1. The van der Waals surface area contributed by atoms with Gasteiger partial charge in [0.05, 0.1) is 12.1 Å². The number of ketones is 1. The molecule has 2 aromatic heterocycles. The third-order valence-corrected chi connectivity index (χ3v) is 3.19. The van der Waals surface area contributed by atoms with Crippen LogP contribution in [0.2, 0.25) is 0 Å². The van der Waals surface area contributed by atoms with Crippen LogP contribution in [0.3, 0.4) is 0 Å². The minimum atomic E-state index is -0.114. The van der Waals surface area contributed by atoms with Crippen molar-refractivity contribution in [3.8, 4) is 11.5 Å². The number of carbonyl (C=O) groups excluding carboxylic acids is 1. The topological polar surface area (TPSA) is 55.0 Å². The fourth-order valence-corrected chi connectivity index (χ4v) is 2.15. The normalized spacial score (nSPS) is 10.7. The first-order chi connectivity index (χ1) is 9.78. The second kappa shape index (κ2) is 5.35. The van der Waals surface area contributed by atoms with Crippen LogP contribution in [0, 0.1) is 0 Å². The molecule has 0 saturated heterocycles. The first-order valence-corrected chi connectivity index (χ1v) is 6.59. The zero-order valence-corrected chi connectivity index (χ0v) is 11.2. The summed E-state index contributed by atoms with van der Waals surface area (Å²) in [4.78, 5) is 18.8. The lowest BCUT2D eigenvalue weighted by molar-refractivity contribution is 0.102. The Hall–Kier alpha value is -2.33. The Labute approximate surface area is 120 Å². The van der Waals surface area contributed by atoms with Crippen LogP contribution in [0.15, 0.2) is 48.9 Å². The van der Waals surface area contributed by atoms with E-state index in [9.17, 15) is 4.79 Å². The molecule has 0 aliphatic rings. The minimum Gasteiger partial charge on any atom is -0.456 e. The number of nitrogens with zero attached hydrogens (tertiary/aromatic N) is 1. The highest BCUT2D eigenvalue weighted by atomic mass is 35.5. The molecule has 0 aliphatic heterocycles. The van der Waals surface area contributed by atoms with Crippen molar-refractivity contribution in [2.75, 3.05) is 5.88 Å². The van der Waals surface area contributed by atoms with Gasteiger partial charge in [-0.15, -0.1) is 11.6 Å². The van der Waals surface area contributed by atoms with E-state index in [1.165, 1.54) is 0 Å². The van der Waals surface area contributed by atoms with E-state index in [1.54, 1.807) is 24.7 Å². The maximum atomic E-state index is 11.8. The van der Waals surface area contributed by atoms with Crippen LogP contribution in [0.5, 0.6) is 11.5 Å². The van der Waals surface area contributed by atoms with E-state index in [2.05, 4.69) is 9.97 Å². The molecule has 3 rings (SSSR count). The lowest BCUT2D eigenvalue weighted by Gasteiger charge is -2.05. The SMILES string of the molecule is O=C(CCl)c1c[nH]c2ccc(Oc3cccnc3)cc12. The first kappa shape index (κ1) is 12.7. The summed E-state index contributed by atoms with van der Waals surface area (Å²) in [7, 11) is 0. The average molecular weight is 287 g/mol. The number of alkyl halides is 1. The molecular weight excluding hydrogens is 276 g/mol. The number of carbonyl (C=O) groups is 1. The number of Topliss-reactive ketones (excluding diaryl/α,β-unsaturated/α-hetero) is 1.